The van der Waals surface area contributed by atoms with E-state index in [4.69, 9.17) is 0 Å². The first-order chi connectivity index (χ1) is 7.11. The summed E-state index contributed by atoms with van der Waals surface area (Å²) in [5.41, 5.74) is 3.72. The van der Waals surface area contributed by atoms with Gasteiger partial charge < -0.3 is 4.40 Å². The number of fused-ring (bicyclic) bond motifs is 1. The molecule has 0 spiro atoms. The van der Waals surface area contributed by atoms with Crippen molar-refractivity contribution in [1.82, 2.24) is 9.38 Å². The highest BCUT2D eigenvalue weighted by Crippen LogP contribution is 2.23. The molecule has 2 aromatic rings. The monoisotopic (exact) mass is 202 g/mol. The fourth-order valence-electron chi connectivity index (χ4n) is 1.93. The summed E-state index contributed by atoms with van der Waals surface area (Å²) >= 11 is 0. The second-order valence-electron chi connectivity index (χ2n) is 4.65. The lowest BCUT2D eigenvalue weighted by Gasteiger charge is -2.09. The zero-order chi connectivity index (χ0) is 11.0. The molecule has 0 saturated heterocycles. The van der Waals surface area contributed by atoms with E-state index in [0.717, 1.165) is 5.65 Å². The van der Waals surface area contributed by atoms with Gasteiger partial charge in [-0.15, -0.1) is 0 Å². The van der Waals surface area contributed by atoms with E-state index in [1.165, 1.54) is 11.3 Å². The lowest BCUT2D eigenvalue weighted by molar-refractivity contribution is 0.801. The van der Waals surface area contributed by atoms with Crippen LogP contribution in [0.2, 0.25) is 0 Å². The summed E-state index contributed by atoms with van der Waals surface area (Å²) in [4.78, 5) is 4.52. The molecule has 2 aromatic heterocycles. The van der Waals surface area contributed by atoms with E-state index in [9.17, 15) is 0 Å². The van der Waals surface area contributed by atoms with Crippen molar-refractivity contribution in [1.29, 1.82) is 0 Å². The summed E-state index contributed by atoms with van der Waals surface area (Å²) in [5.74, 6) is 1.04. The second-order valence-corrected chi connectivity index (χ2v) is 4.65. The van der Waals surface area contributed by atoms with Crippen molar-refractivity contribution in [2.24, 2.45) is 0 Å². The Kier molecular flexibility index (Phi) is 2.51. The van der Waals surface area contributed by atoms with Crippen LogP contribution in [0.25, 0.3) is 5.65 Å². The molecule has 0 fully saturated rings. The van der Waals surface area contributed by atoms with E-state index in [0.29, 0.717) is 11.8 Å². The molecule has 0 unspecified atom stereocenters. The molecule has 0 atom stereocenters. The Morgan fingerprint density at radius 3 is 2.47 bits per heavy atom. The van der Waals surface area contributed by atoms with Crippen molar-refractivity contribution in [3.8, 4) is 0 Å². The number of imidazole rings is 1. The van der Waals surface area contributed by atoms with Gasteiger partial charge in [0, 0.05) is 18.1 Å². The SMILES string of the molecule is CC(C)c1cccn2c(C(C)C)cnc12. The molecule has 80 valence electrons. The minimum atomic E-state index is 0.516. The number of nitrogens with zero attached hydrogens (tertiary/aromatic N) is 2. The molecule has 2 heteroatoms. The normalized spacial score (nSPS) is 11.9. The third-order valence-electron chi connectivity index (χ3n) is 2.81. The molecule has 0 saturated carbocycles. The number of hydrogen-bond acceptors (Lipinski definition) is 1. The van der Waals surface area contributed by atoms with Gasteiger partial charge in [0.05, 0.1) is 0 Å². The van der Waals surface area contributed by atoms with E-state index < -0.39 is 0 Å². The van der Waals surface area contributed by atoms with Crippen LogP contribution < -0.4 is 0 Å². The number of aromatic nitrogens is 2. The Labute approximate surface area is 91.0 Å². The largest absolute Gasteiger partial charge is 0.304 e. The summed E-state index contributed by atoms with van der Waals surface area (Å²) in [6.45, 7) is 8.81. The summed E-state index contributed by atoms with van der Waals surface area (Å²) in [6.07, 6.45) is 4.09. The highest BCUT2D eigenvalue weighted by atomic mass is 15.0. The zero-order valence-electron chi connectivity index (χ0n) is 9.86. The van der Waals surface area contributed by atoms with Crippen molar-refractivity contribution in [2.75, 3.05) is 0 Å². The molecule has 0 aliphatic heterocycles. The Hall–Kier alpha value is -1.31. The Morgan fingerprint density at radius 1 is 1.13 bits per heavy atom. The molecule has 15 heavy (non-hydrogen) atoms. The van der Waals surface area contributed by atoms with Gasteiger partial charge >= 0.3 is 0 Å². The van der Waals surface area contributed by atoms with Crippen LogP contribution >= 0.6 is 0 Å². The molecule has 0 aliphatic carbocycles. The van der Waals surface area contributed by atoms with Crippen molar-refractivity contribution in [3.05, 3.63) is 35.8 Å². The molecule has 0 bridgehead atoms. The summed E-state index contributed by atoms with van der Waals surface area (Å²) in [6, 6.07) is 4.27. The maximum Gasteiger partial charge on any atom is 0.140 e. The van der Waals surface area contributed by atoms with Crippen LogP contribution in [0.1, 0.15) is 50.8 Å². The van der Waals surface area contributed by atoms with E-state index in [1.807, 2.05) is 6.20 Å². The second kappa shape index (κ2) is 3.69. The number of rotatable bonds is 2. The van der Waals surface area contributed by atoms with E-state index in [2.05, 4.69) is 55.4 Å². The van der Waals surface area contributed by atoms with Crippen molar-refractivity contribution in [2.45, 2.75) is 39.5 Å². The minimum absolute atomic E-state index is 0.516. The van der Waals surface area contributed by atoms with E-state index >= 15 is 0 Å². The molecular formula is C13H18N2. The van der Waals surface area contributed by atoms with Gasteiger partial charge in [0.25, 0.3) is 0 Å². The van der Waals surface area contributed by atoms with Crippen LogP contribution in [0.15, 0.2) is 24.5 Å². The molecule has 2 nitrogen and oxygen atoms in total. The first-order valence-electron chi connectivity index (χ1n) is 5.57. The Bertz CT molecular complexity index is 466. The Morgan fingerprint density at radius 2 is 1.87 bits per heavy atom. The van der Waals surface area contributed by atoms with Gasteiger partial charge in [-0.2, -0.15) is 0 Å². The smallest absolute Gasteiger partial charge is 0.140 e. The van der Waals surface area contributed by atoms with Gasteiger partial charge in [0.15, 0.2) is 0 Å². The molecule has 0 N–H and O–H groups in total. The van der Waals surface area contributed by atoms with E-state index in [-0.39, 0.29) is 0 Å². The molecule has 0 aliphatic rings. The average Bonchev–Trinajstić information content (AvgIpc) is 2.59. The molecule has 0 amide bonds. The first kappa shape index (κ1) is 10.2. The van der Waals surface area contributed by atoms with Gasteiger partial charge in [0.1, 0.15) is 5.65 Å². The minimum Gasteiger partial charge on any atom is -0.304 e. The van der Waals surface area contributed by atoms with Crippen LogP contribution in [0.3, 0.4) is 0 Å². The van der Waals surface area contributed by atoms with Crippen LogP contribution in [0.5, 0.6) is 0 Å². The molecule has 2 rings (SSSR count). The number of hydrogen-bond donors (Lipinski definition) is 0. The van der Waals surface area contributed by atoms with E-state index in [1.54, 1.807) is 0 Å². The first-order valence-corrected chi connectivity index (χ1v) is 5.57. The topological polar surface area (TPSA) is 17.3 Å². The maximum absolute atomic E-state index is 4.52. The van der Waals surface area contributed by atoms with Gasteiger partial charge in [-0.05, 0) is 23.5 Å². The standard InChI is InChI=1S/C13H18N2/c1-9(2)11-6-5-7-15-12(10(3)4)8-14-13(11)15/h5-10H,1-4H3. The quantitative estimate of drug-likeness (QED) is 0.727. The predicted octanol–water partition coefficient (Wildman–Crippen LogP) is 3.58. The predicted molar refractivity (Wildman–Crippen MR) is 63.4 cm³/mol. The highest BCUT2D eigenvalue weighted by Gasteiger charge is 2.11. The average molecular weight is 202 g/mol. The third kappa shape index (κ3) is 1.65. The molecule has 0 radical (unpaired) electrons. The highest BCUT2D eigenvalue weighted by molar-refractivity contribution is 5.51. The van der Waals surface area contributed by atoms with Crippen molar-refractivity contribution < 1.29 is 0 Å². The lowest BCUT2D eigenvalue weighted by atomic mass is 10.1. The molecule has 0 aromatic carbocycles. The molecule has 2 heterocycles. The Balaban J connectivity index is 2.69. The molecular weight excluding hydrogens is 184 g/mol. The summed E-state index contributed by atoms with van der Waals surface area (Å²) in [7, 11) is 0. The van der Waals surface area contributed by atoms with Crippen LogP contribution in [0.4, 0.5) is 0 Å². The van der Waals surface area contributed by atoms with Gasteiger partial charge in [0.2, 0.25) is 0 Å². The summed E-state index contributed by atoms with van der Waals surface area (Å²) < 4.78 is 2.21. The fourth-order valence-corrected chi connectivity index (χ4v) is 1.93. The zero-order valence-corrected chi connectivity index (χ0v) is 9.86. The van der Waals surface area contributed by atoms with Crippen molar-refractivity contribution >= 4 is 5.65 Å². The summed E-state index contributed by atoms with van der Waals surface area (Å²) in [5, 5.41) is 0. The fraction of sp³-hybridized carbons (Fsp3) is 0.462. The van der Waals surface area contributed by atoms with Gasteiger partial charge in [-0.3, -0.25) is 0 Å². The van der Waals surface area contributed by atoms with Crippen LogP contribution in [-0.4, -0.2) is 9.38 Å². The lowest BCUT2D eigenvalue weighted by Crippen LogP contribution is -1.98. The van der Waals surface area contributed by atoms with Gasteiger partial charge in [-0.25, -0.2) is 4.98 Å². The third-order valence-corrected chi connectivity index (χ3v) is 2.81. The van der Waals surface area contributed by atoms with Crippen LogP contribution in [0, 0.1) is 0 Å². The van der Waals surface area contributed by atoms with Crippen molar-refractivity contribution in [3.63, 3.8) is 0 Å². The maximum atomic E-state index is 4.52. The van der Waals surface area contributed by atoms with Crippen LogP contribution in [-0.2, 0) is 0 Å². The number of pyridine rings is 1. The van der Waals surface area contributed by atoms with Gasteiger partial charge in [-0.1, -0.05) is 33.8 Å².